The van der Waals surface area contributed by atoms with Gasteiger partial charge in [0, 0.05) is 6.42 Å². The van der Waals surface area contributed by atoms with Crippen LogP contribution in [0.2, 0.25) is 0 Å². The van der Waals surface area contributed by atoms with Gasteiger partial charge < -0.3 is 15.5 Å². The van der Waals surface area contributed by atoms with Crippen molar-refractivity contribution < 1.29 is 15.0 Å². The minimum Gasteiger partial charge on any atom is -0.394 e. The van der Waals surface area contributed by atoms with Crippen LogP contribution in [0.3, 0.4) is 0 Å². The predicted octanol–water partition coefficient (Wildman–Crippen LogP) is 20.7. The van der Waals surface area contributed by atoms with Gasteiger partial charge in [-0.25, -0.2) is 0 Å². The molecule has 0 spiro atoms. The molecule has 4 nitrogen and oxygen atoms in total. The maximum absolute atomic E-state index is 12.5. The second-order valence-corrected chi connectivity index (χ2v) is 21.8. The number of rotatable bonds is 59. The van der Waals surface area contributed by atoms with E-state index in [1.807, 2.05) is 0 Å². The maximum Gasteiger partial charge on any atom is 0.220 e. The summed E-state index contributed by atoms with van der Waals surface area (Å²) in [6.07, 6.45) is 75.7. The van der Waals surface area contributed by atoms with E-state index in [2.05, 4.69) is 19.2 Å². The maximum atomic E-state index is 12.5. The Labute approximate surface area is 416 Å². The number of unbranched alkanes of at least 4 members (excludes halogenated alkanes) is 52. The molecule has 0 rings (SSSR count). The van der Waals surface area contributed by atoms with Crippen LogP contribution in [0.5, 0.6) is 0 Å². The molecule has 396 valence electrons. The van der Waals surface area contributed by atoms with E-state index in [0.717, 1.165) is 25.7 Å². The smallest absolute Gasteiger partial charge is 0.220 e. The van der Waals surface area contributed by atoms with Gasteiger partial charge in [-0.15, -0.1) is 0 Å². The van der Waals surface area contributed by atoms with Gasteiger partial charge in [0.1, 0.15) is 0 Å². The molecule has 0 aliphatic rings. The molecule has 66 heavy (non-hydrogen) atoms. The quantitative estimate of drug-likeness (QED) is 0.0532. The summed E-state index contributed by atoms with van der Waals surface area (Å²) in [7, 11) is 0. The monoisotopic (exact) mass is 932 g/mol. The van der Waals surface area contributed by atoms with Crippen molar-refractivity contribution in [3.63, 3.8) is 0 Å². The molecule has 0 bridgehead atoms. The Balaban J connectivity index is 3.30. The minimum atomic E-state index is -0.654. The van der Waals surface area contributed by atoms with Gasteiger partial charge in [-0.3, -0.25) is 4.79 Å². The summed E-state index contributed by atoms with van der Waals surface area (Å²) in [5.41, 5.74) is 0. The predicted molar refractivity (Wildman–Crippen MR) is 295 cm³/mol. The van der Waals surface area contributed by atoms with Gasteiger partial charge in [0.05, 0.1) is 18.8 Å². The summed E-state index contributed by atoms with van der Waals surface area (Å²) in [5.74, 6) is -0.0225. The highest BCUT2D eigenvalue weighted by atomic mass is 16.3. The van der Waals surface area contributed by atoms with Crippen molar-refractivity contribution in [1.82, 2.24) is 5.32 Å². The summed E-state index contributed by atoms with van der Waals surface area (Å²) in [6, 6.07) is -0.530. The first-order valence-corrected chi connectivity index (χ1v) is 31.2. The van der Waals surface area contributed by atoms with Gasteiger partial charge in [0.25, 0.3) is 0 Å². The lowest BCUT2D eigenvalue weighted by molar-refractivity contribution is -0.123. The molecule has 0 aromatic rings. The van der Waals surface area contributed by atoms with Crippen LogP contribution in [0.15, 0.2) is 0 Å². The normalized spacial score (nSPS) is 12.6. The van der Waals surface area contributed by atoms with E-state index in [1.165, 1.54) is 321 Å². The second-order valence-electron chi connectivity index (χ2n) is 21.8. The molecule has 0 aliphatic heterocycles. The Hall–Kier alpha value is -0.610. The first-order valence-electron chi connectivity index (χ1n) is 31.2. The molecule has 0 heterocycles. The van der Waals surface area contributed by atoms with E-state index in [0.29, 0.717) is 12.8 Å². The fraction of sp³-hybridized carbons (Fsp3) is 0.984. The van der Waals surface area contributed by atoms with E-state index in [4.69, 9.17) is 0 Å². The second kappa shape index (κ2) is 58.7. The van der Waals surface area contributed by atoms with Crippen LogP contribution in [0.4, 0.5) is 0 Å². The van der Waals surface area contributed by atoms with Crippen LogP contribution < -0.4 is 5.32 Å². The molecule has 2 unspecified atom stereocenters. The number of nitrogens with one attached hydrogen (secondary N) is 1. The molecule has 4 heteroatoms. The van der Waals surface area contributed by atoms with E-state index >= 15 is 0 Å². The first kappa shape index (κ1) is 65.4. The van der Waals surface area contributed by atoms with Crippen molar-refractivity contribution in [3.05, 3.63) is 0 Å². The lowest BCUT2D eigenvalue weighted by atomic mass is 10.0. The van der Waals surface area contributed by atoms with Crippen LogP contribution in [0, 0.1) is 0 Å². The van der Waals surface area contributed by atoms with Crippen molar-refractivity contribution in [2.75, 3.05) is 6.61 Å². The number of aliphatic hydroxyl groups excluding tert-OH is 2. The summed E-state index contributed by atoms with van der Waals surface area (Å²) < 4.78 is 0. The fourth-order valence-electron chi connectivity index (χ4n) is 10.4. The molecule has 0 saturated heterocycles. The summed E-state index contributed by atoms with van der Waals surface area (Å²) in [6.45, 7) is 4.40. The average molecular weight is 933 g/mol. The number of hydrogen-bond acceptors (Lipinski definition) is 3. The van der Waals surface area contributed by atoms with Crippen molar-refractivity contribution in [1.29, 1.82) is 0 Å². The number of carbonyl (C=O) groups is 1. The SMILES string of the molecule is CCCCCCCCCCCCCCCCCCCCCCCCCCCCCCCCCCCCCCCCCCC(=O)NC(CO)C(O)CCCCCCCCCCCCCCCC. The van der Waals surface area contributed by atoms with Crippen LogP contribution in [0.25, 0.3) is 0 Å². The Morgan fingerprint density at radius 3 is 0.682 bits per heavy atom. The summed E-state index contributed by atoms with van der Waals surface area (Å²) in [4.78, 5) is 12.5. The van der Waals surface area contributed by atoms with Gasteiger partial charge >= 0.3 is 0 Å². The molecule has 0 radical (unpaired) electrons. The zero-order chi connectivity index (χ0) is 47.7. The molecule has 0 aromatic heterocycles. The van der Waals surface area contributed by atoms with E-state index in [1.54, 1.807) is 0 Å². The van der Waals surface area contributed by atoms with Crippen molar-refractivity contribution in [3.8, 4) is 0 Å². The molecular weight excluding hydrogens is 807 g/mol. The lowest BCUT2D eigenvalue weighted by Gasteiger charge is -2.22. The standard InChI is InChI=1S/C62H125NO3/c1-3-5-7-9-11-13-15-17-19-20-21-22-23-24-25-26-27-28-29-30-31-32-33-34-35-36-37-38-39-40-41-42-43-44-46-48-50-52-54-56-58-62(66)63-60(59-64)61(65)57-55-53-51-49-47-45-18-16-14-12-10-8-6-4-2/h60-61,64-65H,3-59H2,1-2H3,(H,63,66). The third-order valence-electron chi connectivity index (χ3n) is 15.1. The number of amides is 1. The van der Waals surface area contributed by atoms with Crippen molar-refractivity contribution in [2.45, 2.75) is 386 Å². The number of hydrogen-bond donors (Lipinski definition) is 3. The van der Waals surface area contributed by atoms with Crippen LogP contribution in [-0.2, 0) is 4.79 Å². The van der Waals surface area contributed by atoms with Gasteiger partial charge in [-0.2, -0.15) is 0 Å². The van der Waals surface area contributed by atoms with Gasteiger partial charge in [-0.05, 0) is 12.8 Å². The molecular formula is C62H125NO3. The molecule has 0 aliphatic carbocycles. The molecule has 2 atom stereocenters. The van der Waals surface area contributed by atoms with Gasteiger partial charge in [0.2, 0.25) is 5.91 Å². The highest BCUT2D eigenvalue weighted by Gasteiger charge is 2.20. The van der Waals surface area contributed by atoms with Crippen LogP contribution >= 0.6 is 0 Å². The van der Waals surface area contributed by atoms with E-state index < -0.39 is 12.1 Å². The van der Waals surface area contributed by atoms with E-state index in [-0.39, 0.29) is 12.5 Å². The van der Waals surface area contributed by atoms with Crippen LogP contribution in [-0.4, -0.2) is 34.9 Å². The zero-order valence-corrected chi connectivity index (χ0v) is 45.8. The average Bonchev–Trinajstić information content (AvgIpc) is 3.32. The minimum absolute atomic E-state index is 0.0225. The lowest BCUT2D eigenvalue weighted by Crippen LogP contribution is -2.45. The van der Waals surface area contributed by atoms with Crippen molar-refractivity contribution in [2.24, 2.45) is 0 Å². The highest BCUT2D eigenvalue weighted by Crippen LogP contribution is 2.19. The third kappa shape index (κ3) is 54.3. The van der Waals surface area contributed by atoms with Crippen LogP contribution in [0.1, 0.15) is 373 Å². The Morgan fingerprint density at radius 1 is 0.303 bits per heavy atom. The molecule has 3 N–H and O–H groups in total. The molecule has 0 fully saturated rings. The topological polar surface area (TPSA) is 69.6 Å². The summed E-state index contributed by atoms with van der Waals surface area (Å²) in [5, 5.41) is 23.3. The van der Waals surface area contributed by atoms with Gasteiger partial charge in [0.15, 0.2) is 0 Å². The molecule has 0 saturated carbocycles. The van der Waals surface area contributed by atoms with Gasteiger partial charge in [-0.1, -0.05) is 354 Å². The first-order chi connectivity index (χ1) is 32.7. The largest absolute Gasteiger partial charge is 0.394 e. The molecule has 1 amide bonds. The Kier molecular flexibility index (Phi) is 58.2. The fourth-order valence-corrected chi connectivity index (χ4v) is 10.4. The molecule has 0 aromatic carbocycles. The Bertz CT molecular complexity index is 879. The zero-order valence-electron chi connectivity index (χ0n) is 45.8. The third-order valence-corrected chi connectivity index (χ3v) is 15.1. The van der Waals surface area contributed by atoms with Crippen molar-refractivity contribution >= 4 is 5.91 Å². The highest BCUT2D eigenvalue weighted by molar-refractivity contribution is 5.76. The number of carbonyl (C=O) groups excluding carboxylic acids is 1. The Morgan fingerprint density at radius 2 is 0.485 bits per heavy atom. The van der Waals surface area contributed by atoms with E-state index in [9.17, 15) is 15.0 Å². The summed E-state index contributed by atoms with van der Waals surface area (Å²) >= 11 is 0. The number of aliphatic hydroxyl groups is 2.